The fourth-order valence-electron chi connectivity index (χ4n) is 3.50. The molecule has 0 bridgehead atoms. The van der Waals surface area contributed by atoms with Crippen molar-refractivity contribution < 1.29 is 14.3 Å². The number of rotatable bonds is 6. The molecule has 1 saturated heterocycles. The van der Waals surface area contributed by atoms with Crippen molar-refractivity contribution in [1.29, 1.82) is 0 Å². The van der Waals surface area contributed by atoms with Crippen molar-refractivity contribution in [1.82, 2.24) is 4.90 Å². The van der Waals surface area contributed by atoms with Crippen LogP contribution in [0.5, 0.6) is 11.5 Å². The van der Waals surface area contributed by atoms with E-state index >= 15 is 0 Å². The molecule has 3 rings (SSSR count). The van der Waals surface area contributed by atoms with Crippen LogP contribution in [-0.2, 0) is 4.79 Å². The maximum absolute atomic E-state index is 12.9. The van der Waals surface area contributed by atoms with Crippen LogP contribution in [0.15, 0.2) is 54.6 Å². The fraction of sp³-hybridized carbons (Fsp3) is 0.409. The fourth-order valence-corrected chi connectivity index (χ4v) is 3.50. The monoisotopic (exact) mass is 353 g/mol. The molecule has 0 radical (unpaired) electrons. The van der Waals surface area contributed by atoms with E-state index < -0.39 is 0 Å². The number of carbonyl (C=O) groups is 1. The van der Waals surface area contributed by atoms with Gasteiger partial charge in [-0.2, -0.15) is 0 Å². The molecule has 4 nitrogen and oxygen atoms in total. The van der Waals surface area contributed by atoms with E-state index in [-0.39, 0.29) is 11.9 Å². The van der Waals surface area contributed by atoms with Gasteiger partial charge in [0.05, 0.1) is 26.2 Å². The molecular weight excluding hydrogens is 326 g/mol. The second-order valence-electron chi connectivity index (χ2n) is 6.64. The second-order valence-corrected chi connectivity index (χ2v) is 6.64. The summed E-state index contributed by atoms with van der Waals surface area (Å²) in [6.45, 7) is 1.23. The topological polar surface area (TPSA) is 38.8 Å². The van der Waals surface area contributed by atoms with E-state index in [2.05, 4.69) is 12.1 Å². The van der Waals surface area contributed by atoms with E-state index in [0.29, 0.717) is 13.0 Å². The lowest BCUT2D eigenvalue weighted by Gasteiger charge is -2.30. The Morgan fingerprint density at radius 1 is 1.00 bits per heavy atom. The Hall–Kier alpha value is -2.49. The third kappa shape index (κ3) is 4.78. The van der Waals surface area contributed by atoms with Crippen LogP contribution in [0.1, 0.15) is 43.7 Å². The molecule has 0 aliphatic carbocycles. The molecule has 2 aromatic rings. The third-order valence-corrected chi connectivity index (χ3v) is 4.90. The van der Waals surface area contributed by atoms with Gasteiger partial charge in [-0.15, -0.1) is 0 Å². The lowest BCUT2D eigenvalue weighted by Crippen LogP contribution is -2.35. The molecule has 1 atom stereocenters. The van der Waals surface area contributed by atoms with Crippen LogP contribution in [-0.4, -0.2) is 31.1 Å². The summed E-state index contributed by atoms with van der Waals surface area (Å²) >= 11 is 0. The van der Waals surface area contributed by atoms with E-state index in [4.69, 9.17) is 9.47 Å². The van der Waals surface area contributed by atoms with Crippen molar-refractivity contribution >= 4 is 5.91 Å². The molecule has 4 heteroatoms. The van der Waals surface area contributed by atoms with Gasteiger partial charge in [-0.25, -0.2) is 0 Å². The Balaban J connectivity index is 1.64. The van der Waals surface area contributed by atoms with Crippen LogP contribution in [0.25, 0.3) is 0 Å². The molecule has 0 aromatic heterocycles. The van der Waals surface area contributed by atoms with E-state index in [0.717, 1.165) is 37.3 Å². The first-order valence-corrected chi connectivity index (χ1v) is 9.39. The van der Waals surface area contributed by atoms with Gasteiger partial charge in [0.1, 0.15) is 11.5 Å². The first-order chi connectivity index (χ1) is 12.8. The lowest BCUT2D eigenvalue weighted by molar-refractivity contribution is -0.134. The number of likely N-dealkylation sites (tertiary alicyclic amines) is 1. The Bertz CT molecular complexity index is 684. The number of carbonyl (C=O) groups excluding carboxylic acids is 1. The smallest absolute Gasteiger partial charge is 0.226 e. The molecule has 138 valence electrons. The Morgan fingerprint density at radius 3 is 2.50 bits per heavy atom. The SMILES string of the molecule is COc1ccc(C2CCCCCN2C(=O)CCOc2ccccc2)cc1. The number of hydrogen-bond acceptors (Lipinski definition) is 3. The van der Waals surface area contributed by atoms with Crippen molar-refractivity contribution in [2.75, 3.05) is 20.3 Å². The molecule has 1 heterocycles. The molecule has 1 aliphatic rings. The Labute approximate surface area is 155 Å². The van der Waals surface area contributed by atoms with Gasteiger partial charge in [-0.1, -0.05) is 43.2 Å². The molecule has 1 aliphatic heterocycles. The highest BCUT2D eigenvalue weighted by Crippen LogP contribution is 2.31. The number of hydrogen-bond donors (Lipinski definition) is 0. The highest BCUT2D eigenvalue weighted by atomic mass is 16.5. The van der Waals surface area contributed by atoms with E-state index in [1.165, 1.54) is 12.0 Å². The first kappa shape index (κ1) is 18.3. The number of benzene rings is 2. The molecule has 1 unspecified atom stereocenters. The number of ether oxygens (including phenoxy) is 2. The summed E-state index contributed by atoms with van der Waals surface area (Å²) in [5.41, 5.74) is 1.19. The van der Waals surface area contributed by atoms with Gasteiger partial charge in [-0.3, -0.25) is 4.79 Å². The summed E-state index contributed by atoms with van der Waals surface area (Å²) in [5, 5.41) is 0. The standard InChI is InChI=1S/C22H27NO3/c1-25-19-13-11-18(12-14-19)21-10-6-3-7-16-23(21)22(24)15-17-26-20-8-4-2-5-9-20/h2,4-5,8-9,11-14,21H,3,6-7,10,15-17H2,1H3. The normalized spacial score (nSPS) is 17.4. The zero-order valence-corrected chi connectivity index (χ0v) is 15.4. The van der Waals surface area contributed by atoms with Gasteiger partial charge < -0.3 is 14.4 Å². The molecule has 0 spiro atoms. The maximum atomic E-state index is 12.9. The van der Waals surface area contributed by atoms with Gasteiger partial charge in [0.2, 0.25) is 5.91 Å². The van der Waals surface area contributed by atoms with Gasteiger partial charge in [-0.05, 0) is 42.7 Å². The average molecular weight is 353 g/mol. The minimum absolute atomic E-state index is 0.146. The molecule has 1 fully saturated rings. The third-order valence-electron chi connectivity index (χ3n) is 4.90. The number of para-hydroxylation sites is 1. The average Bonchev–Trinajstić information content (AvgIpc) is 2.95. The molecular formula is C22H27NO3. The van der Waals surface area contributed by atoms with Gasteiger partial charge in [0, 0.05) is 6.54 Å². The summed E-state index contributed by atoms with van der Waals surface area (Å²) in [6.07, 6.45) is 4.81. The maximum Gasteiger partial charge on any atom is 0.226 e. The molecule has 0 N–H and O–H groups in total. The predicted molar refractivity (Wildman–Crippen MR) is 102 cm³/mol. The minimum Gasteiger partial charge on any atom is -0.497 e. The van der Waals surface area contributed by atoms with Crippen molar-refractivity contribution in [3.05, 3.63) is 60.2 Å². The van der Waals surface area contributed by atoms with Crippen LogP contribution in [0.4, 0.5) is 0 Å². The van der Waals surface area contributed by atoms with E-state index in [9.17, 15) is 4.79 Å². The predicted octanol–water partition coefficient (Wildman–Crippen LogP) is 4.61. The quantitative estimate of drug-likeness (QED) is 0.761. The summed E-state index contributed by atoms with van der Waals surface area (Å²) < 4.78 is 11.0. The van der Waals surface area contributed by atoms with Crippen LogP contribution in [0.3, 0.4) is 0 Å². The highest BCUT2D eigenvalue weighted by molar-refractivity contribution is 5.77. The van der Waals surface area contributed by atoms with E-state index in [1.54, 1.807) is 7.11 Å². The Morgan fingerprint density at radius 2 is 1.77 bits per heavy atom. The van der Waals surface area contributed by atoms with Crippen LogP contribution >= 0.6 is 0 Å². The lowest BCUT2D eigenvalue weighted by atomic mass is 10.0. The van der Waals surface area contributed by atoms with Crippen LogP contribution < -0.4 is 9.47 Å². The summed E-state index contributed by atoms with van der Waals surface area (Å²) in [5.74, 6) is 1.82. The number of amides is 1. The molecule has 1 amide bonds. The van der Waals surface area contributed by atoms with Crippen LogP contribution in [0, 0.1) is 0 Å². The summed E-state index contributed by atoms with van der Waals surface area (Å²) in [4.78, 5) is 14.9. The second kappa shape index (κ2) is 9.27. The molecule has 26 heavy (non-hydrogen) atoms. The van der Waals surface area contributed by atoms with Crippen molar-refractivity contribution in [2.45, 2.75) is 38.1 Å². The molecule has 0 saturated carbocycles. The number of methoxy groups -OCH3 is 1. The van der Waals surface area contributed by atoms with Gasteiger partial charge in [0.15, 0.2) is 0 Å². The Kier molecular flexibility index (Phi) is 6.53. The molecule has 2 aromatic carbocycles. The zero-order valence-electron chi connectivity index (χ0n) is 15.4. The summed E-state index contributed by atoms with van der Waals surface area (Å²) in [7, 11) is 1.67. The van der Waals surface area contributed by atoms with Gasteiger partial charge in [0.25, 0.3) is 0 Å². The van der Waals surface area contributed by atoms with E-state index in [1.807, 2.05) is 47.4 Å². The summed E-state index contributed by atoms with van der Waals surface area (Å²) in [6, 6.07) is 17.9. The minimum atomic E-state index is 0.146. The van der Waals surface area contributed by atoms with Crippen molar-refractivity contribution in [2.24, 2.45) is 0 Å². The largest absolute Gasteiger partial charge is 0.497 e. The van der Waals surface area contributed by atoms with Gasteiger partial charge >= 0.3 is 0 Å². The first-order valence-electron chi connectivity index (χ1n) is 9.39. The highest BCUT2D eigenvalue weighted by Gasteiger charge is 2.26. The van der Waals surface area contributed by atoms with Crippen molar-refractivity contribution in [3.8, 4) is 11.5 Å². The zero-order chi connectivity index (χ0) is 18.2. The number of nitrogens with zero attached hydrogens (tertiary/aromatic N) is 1. The van der Waals surface area contributed by atoms with Crippen molar-refractivity contribution in [3.63, 3.8) is 0 Å². The van der Waals surface area contributed by atoms with Crippen LogP contribution in [0.2, 0.25) is 0 Å².